The predicted molar refractivity (Wildman–Crippen MR) is 156 cm³/mol. The number of nitrogens with zero attached hydrogens (tertiary/aromatic N) is 6. The van der Waals surface area contributed by atoms with E-state index in [2.05, 4.69) is 42.4 Å². The lowest BCUT2D eigenvalue weighted by atomic mass is 10.0. The van der Waals surface area contributed by atoms with Gasteiger partial charge < -0.3 is 15.5 Å². The number of hydrogen-bond acceptors (Lipinski definition) is 8. The molecule has 1 aliphatic rings. The van der Waals surface area contributed by atoms with Crippen LogP contribution in [-0.2, 0) is 6.18 Å². The Bertz CT molecular complexity index is 1540. The Morgan fingerprint density at radius 3 is 2.52 bits per heavy atom. The minimum Gasteiger partial charge on any atom is -0.369 e. The van der Waals surface area contributed by atoms with Crippen LogP contribution < -0.4 is 15.5 Å². The van der Waals surface area contributed by atoms with Crippen LogP contribution in [-0.4, -0.2) is 63.5 Å². The molecule has 1 saturated heterocycles. The van der Waals surface area contributed by atoms with Crippen molar-refractivity contribution in [2.24, 2.45) is 0 Å². The number of benzene rings is 1. The minimum atomic E-state index is -4.71. The minimum absolute atomic E-state index is 0.223. The first kappa shape index (κ1) is 28.9. The Balaban J connectivity index is 1.34. The molecule has 1 aliphatic heterocycles. The van der Waals surface area contributed by atoms with Crippen molar-refractivity contribution in [1.29, 1.82) is 0 Å². The van der Waals surface area contributed by atoms with Gasteiger partial charge in [0.2, 0.25) is 5.95 Å². The molecule has 1 fully saturated rings. The second-order valence-corrected chi connectivity index (χ2v) is 10.00. The van der Waals surface area contributed by atoms with Gasteiger partial charge in [0.1, 0.15) is 0 Å². The van der Waals surface area contributed by atoms with E-state index in [9.17, 15) is 18.0 Å². The zero-order valence-electron chi connectivity index (χ0n) is 23.3. The number of halogens is 3. The summed E-state index contributed by atoms with van der Waals surface area (Å²) in [4.78, 5) is 34.5. The number of aromatic nitrogens is 4. The van der Waals surface area contributed by atoms with Gasteiger partial charge in [0.05, 0.1) is 40.1 Å². The second-order valence-electron chi connectivity index (χ2n) is 10.00. The summed E-state index contributed by atoms with van der Waals surface area (Å²) in [6.07, 6.45) is 2.66. The molecule has 2 N–H and O–H groups in total. The number of carbonyl (C=O) groups excluding carboxylic acids is 1. The van der Waals surface area contributed by atoms with Gasteiger partial charge in [-0.1, -0.05) is 6.92 Å². The van der Waals surface area contributed by atoms with Gasteiger partial charge in [-0.2, -0.15) is 13.2 Å². The molecule has 1 aromatic carbocycles. The van der Waals surface area contributed by atoms with Gasteiger partial charge in [-0.05, 0) is 62.4 Å². The fraction of sp³-hybridized carbons (Fsp3) is 0.300. The molecule has 42 heavy (non-hydrogen) atoms. The first-order chi connectivity index (χ1) is 20.2. The highest BCUT2D eigenvalue weighted by Gasteiger charge is 2.36. The van der Waals surface area contributed by atoms with E-state index in [1.54, 1.807) is 49.8 Å². The van der Waals surface area contributed by atoms with E-state index in [-0.39, 0.29) is 11.6 Å². The van der Waals surface area contributed by atoms with E-state index in [1.165, 1.54) is 12.3 Å². The molecule has 0 radical (unpaired) electrons. The third kappa shape index (κ3) is 6.82. The molecule has 0 aliphatic carbocycles. The van der Waals surface area contributed by atoms with Crippen LogP contribution in [0.15, 0.2) is 67.3 Å². The number of hydrogen-bond donors (Lipinski definition) is 2. The average molecular weight is 577 g/mol. The van der Waals surface area contributed by atoms with Crippen molar-refractivity contribution in [3.8, 4) is 11.3 Å². The Hall–Kier alpha value is -4.58. The average Bonchev–Trinajstić information content (AvgIpc) is 2.99. The van der Waals surface area contributed by atoms with Crippen LogP contribution in [0, 0.1) is 6.92 Å². The molecule has 0 atom stereocenters. The lowest BCUT2D eigenvalue weighted by molar-refractivity contribution is -0.137. The molecule has 9 nitrogen and oxygen atoms in total. The Morgan fingerprint density at radius 1 is 1.00 bits per heavy atom. The molecular weight excluding hydrogens is 545 g/mol. The van der Waals surface area contributed by atoms with Crippen molar-refractivity contribution >= 4 is 28.9 Å². The fourth-order valence-corrected chi connectivity index (χ4v) is 4.85. The monoisotopic (exact) mass is 576 g/mol. The number of anilines is 4. The third-order valence-electron chi connectivity index (χ3n) is 7.03. The van der Waals surface area contributed by atoms with Crippen LogP contribution in [0.1, 0.15) is 35.0 Å². The summed E-state index contributed by atoms with van der Waals surface area (Å²) in [5.41, 5.74) is 1.77. The number of alkyl halides is 3. The smallest absolute Gasteiger partial charge is 0.369 e. The highest BCUT2D eigenvalue weighted by molar-refractivity contribution is 6.06. The zero-order chi connectivity index (χ0) is 29.7. The van der Waals surface area contributed by atoms with Crippen molar-refractivity contribution in [2.75, 3.05) is 48.3 Å². The summed E-state index contributed by atoms with van der Waals surface area (Å²) in [6.45, 7) is 7.65. The van der Waals surface area contributed by atoms with Crippen molar-refractivity contribution < 1.29 is 18.0 Å². The summed E-state index contributed by atoms with van der Waals surface area (Å²) in [5.74, 6) is -0.594. The van der Waals surface area contributed by atoms with Crippen LogP contribution in [0.5, 0.6) is 0 Å². The van der Waals surface area contributed by atoms with Crippen LogP contribution in [0.25, 0.3) is 11.3 Å². The number of pyridine rings is 2. The third-order valence-corrected chi connectivity index (χ3v) is 7.03. The largest absolute Gasteiger partial charge is 0.417 e. The molecule has 0 spiro atoms. The molecule has 0 saturated carbocycles. The summed E-state index contributed by atoms with van der Waals surface area (Å²) in [5, 5.41) is 5.65. The van der Waals surface area contributed by atoms with Gasteiger partial charge in [-0.15, -0.1) is 0 Å². The maximum absolute atomic E-state index is 14.1. The second kappa shape index (κ2) is 12.5. The molecule has 5 rings (SSSR count). The number of carbonyl (C=O) groups is 1. The summed E-state index contributed by atoms with van der Waals surface area (Å²) >= 11 is 0. The Morgan fingerprint density at radius 2 is 1.81 bits per heavy atom. The van der Waals surface area contributed by atoms with Crippen molar-refractivity contribution in [3.63, 3.8) is 0 Å². The summed E-state index contributed by atoms with van der Waals surface area (Å²) in [7, 11) is 0. The van der Waals surface area contributed by atoms with Crippen molar-refractivity contribution in [1.82, 2.24) is 24.8 Å². The quantitative estimate of drug-likeness (QED) is 0.272. The molecule has 4 heterocycles. The highest BCUT2D eigenvalue weighted by Crippen LogP contribution is 2.35. The summed E-state index contributed by atoms with van der Waals surface area (Å²) < 4.78 is 42.4. The van der Waals surface area contributed by atoms with E-state index < -0.39 is 23.2 Å². The predicted octanol–water partition coefficient (Wildman–Crippen LogP) is 5.79. The van der Waals surface area contributed by atoms with Crippen LogP contribution in [0.3, 0.4) is 0 Å². The van der Waals surface area contributed by atoms with Gasteiger partial charge in [0.15, 0.2) is 0 Å². The van der Waals surface area contributed by atoms with E-state index >= 15 is 0 Å². The van der Waals surface area contributed by atoms with Crippen LogP contribution in [0.4, 0.5) is 36.2 Å². The van der Waals surface area contributed by atoms with E-state index in [0.717, 1.165) is 37.7 Å². The first-order valence-electron chi connectivity index (χ1n) is 13.7. The van der Waals surface area contributed by atoms with Crippen molar-refractivity contribution in [2.45, 2.75) is 26.4 Å². The molecule has 1 amide bonds. The normalized spacial score (nSPS) is 14.1. The summed E-state index contributed by atoms with van der Waals surface area (Å²) in [6, 6.07) is 10.9. The molecule has 3 aromatic heterocycles. The molecule has 0 bridgehead atoms. The maximum Gasteiger partial charge on any atom is 0.417 e. The van der Waals surface area contributed by atoms with E-state index in [1.807, 2.05) is 11.0 Å². The lowest BCUT2D eigenvalue weighted by Gasteiger charge is -2.36. The van der Waals surface area contributed by atoms with Gasteiger partial charge in [-0.3, -0.25) is 19.7 Å². The van der Waals surface area contributed by atoms with Gasteiger partial charge in [-0.25, -0.2) is 9.97 Å². The Kier molecular flexibility index (Phi) is 8.62. The zero-order valence-corrected chi connectivity index (χ0v) is 23.3. The topological polar surface area (TPSA) is 99.2 Å². The van der Waals surface area contributed by atoms with E-state index in [4.69, 9.17) is 0 Å². The first-order valence-corrected chi connectivity index (χ1v) is 13.7. The number of rotatable bonds is 8. The maximum atomic E-state index is 14.1. The highest BCUT2D eigenvalue weighted by atomic mass is 19.4. The molecule has 12 heteroatoms. The Labute approximate surface area is 241 Å². The molecule has 218 valence electrons. The lowest BCUT2D eigenvalue weighted by Crippen LogP contribution is -2.46. The molecule has 0 unspecified atom stereocenters. The number of amides is 1. The standard InChI is InChI=1S/C30H31F3N8O/c1-3-11-40-12-14-41(15-13-40)23-6-7-24(25(17-23)30(31,32)33)28(42)37-22-16-27(20(2)36-19-22)39-29-35-10-8-26(38-29)21-5-4-9-34-18-21/h4-10,16-19H,3,11-15H2,1-2H3,(H,37,42)(H,35,38,39). The van der Waals surface area contributed by atoms with Gasteiger partial charge >= 0.3 is 6.18 Å². The number of piperazine rings is 1. The van der Waals surface area contributed by atoms with Crippen LogP contribution in [0.2, 0.25) is 0 Å². The number of nitrogens with one attached hydrogen (secondary N) is 2. The molecule has 4 aromatic rings. The van der Waals surface area contributed by atoms with Crippen LogP contribution >= 0.6 is 0 Å². The fourth-order valence-electron chi connectivity index (χ4n) is 4.85. The SMILES string of the molecule is CCCN1CCN(c2ccc(C(=O)Nc3cnc(C)c(Nc4nccc(-c5cccnc5)n4)c3)c(C(F)(F)F)c2)CC1. The van der Waals surface area contributed by atoms with Gasteiger partial charge in [0.25, 0.3) is 5.91 Å². The van der Waals surface area contributed by atoms with E-state index in [0.29, 0.717) is 35.9 Å². The van der Waals surface area contributed by atoms with Gasteiger partial charge in [0, 0.05) is 56.0 Å². The van der Waals surface area contributed by atoms with Crippen molar-refractivity contribution in [3.05, 3.63) is 84.1 Å². The number of aryl methyl sites for hydroxylation is 1. The molecular formula is C30H31F3N8O.